The van der Waals surface area contributed by atoms with Crippen molar-refractivity contribution in [2.45, 2.75) is 18.9 Å². The average Bonchev–Trinajstić information content (AvgIpc) is 2.34. The number of carboxylic acids is 1. The first-order valence-corrected chi connectivity index (χ1v) is 5.40. The van der Waals surface area contributed by atoms with E-state index in [-0.39, 0.29) is 18.8 Å². The van der Waals surface area contributed by atoms with Crippen molar-refractivity contribution < 1.29 is 23.4 Å². The van der Waals surface area contributed by atoms with Gasteiger partial charge >= 0.3 is 5.97 Å². The zero-order valence-electron chi connectivity index (χ0n) is 10.2. The Balaban J connectivity index is 2.61. The Kier molecular flexibility index (Phi) is 4.61. The summed E-state index contributed by atoms with van der Waals surface area (Å²) in [6.45, 7) is 1.45. The number of hydrogen-bond acceptors (Lipinski definition) is 3. The van der Waals surface area contributed by atoms with E-state index in [0.717, 1.165) is 6.07 Å². The van der Waals surface area contributed by atoms with Crippen LogP contribution in [0.1, 0.15) is 13.3 Å². The van der Waals surface area contributed by atoms with Crippen LogP contribution in [-0.4, -0.2) is 30.3 Å². The number of hydrogen-bond donors (Lipinski definition) is 2. The molecule has 0 saturated heterocycles. The van der Waals surface area contributed by atoms with E-state index < -0.39 is 23.1 Å². The van der Waals surface area contributed by atoms with Gasteiger partial charge in [-0.05, 0) is 26.1 Å². The molecule has 0 amide bonds. The minimum Gasteiger partial charge on any atom is -0.490 e. The Morgan fingerprint density at radius 3 is 2.72 bits per heavy atom. The van der Waals surface area contributed by atoms with Crippen molar-refractivity contribution in [1.82, 2.24) is 5.32 Å². The van der Waals surface area contributed by atoms with Gasteiger partial charge in [-0.25, -0.2) is 4.39 Å². The van der Waals surface area contributed by atoms with Crippen LogP contribution in [0.15, 0.2) is 18.2 Å². The molecule has 0 bridgehead atoms. The van der Waals surface area contributed by atoms with Gasteiger partial charge in [0.05, 0.1) is 6.61 Å². The minimum absolute atomic E-state index is 0.0377. The van der Waals surface area contributed by atoms with E-state index in [1.54, 1.807) is 0 Å². The molecule has 1 aromatic carbocycles. The largest absolute Gasteiger partial charge is 0.490 e. The van der Waals surface area contributed by atoms with E-state index in [2.05, 4.69) is 5.32 Å². The molecule has 0 fully saturated rings. The molecule has 0 aliphatic rings. The van der Waals surface area contributed by atoms with Gasteiger partial charge in [0, 0.05) is 6.42 Å². The molecule has 0 spiro atoms. The number of benzene rings is 1. The molecule has 18 heavy (non-hydrogen) atoms. The van der Waals surface area contributed by atoms with Crippen LogP contribution in [0.3, 0.4) is 0 Å². The molecule has 100 valence electrons. The number of ether oxygens (including phenoxy) is 1. The lowest BCUT2D eigenvalue weighted by molar-refractivity contribution is -0.144. The van der Waals surface area contributed by atoms with Gasteiger partial charge in [0.1, 0.15) is 5.54 Å². The fourth-order valence-corrected chi connectivity index (χ4v) is 1.30. The molecule has 1 aromatic rings. The molecular weight excluding hydrogens is 244 g/mol. The highest BCUT2D eigenvalue weighted by molar-refractivity contribution is 5.78. The summed E-state index contributed by atoms with van der Waals surface area (Å²) in [7, 11) is 1.51. The number of aliphatic carboxylic acids is 1. The van der Waals surface area contributed by atoms with E-state index in [9.17, 15) is 13.6 Å². The monoisotopic (exact) mass is 259 g/mol. The van der Waals surface area contributed by atoms with Crippen molar-refractivity contribution in [3.05, 3.63) is 29.8 Å². The second-order valence-corrected chi connectivity index (χ2v) is 4.04. The number of carbonyl (C=O) groups is 1. The summed E-state index contributed by atoms with van der Waals surface area (Å²) in [6, 6.07) is 3.59. The van der Waals surface area contributed by atoms with Gasteiger partial charge in [-0.1, -0.05) is 6.07 Å². The molecule has 0 aromatic heterocycles. The van der Waals surface area contributed by atoms with Crippen molar-refractivity contribution in [2.75, 3.05) is 13.7 Å². The van der Waals surface area contributed by atoms with Crippen LogP contribution in [0.4, 0.5) is 8.78 Å². The van der Waals surface area contributed by atoms with Crippen molar-refractivity contribution in [2.24, 2.45) is 0 Å². The predicted molar refractivity (Wildman–Crippen MR) is 61.6 cm³/mol. The summed E-state index contributed by atoms with van der Waals surface area (Å²) in [6.07, 6.45) is 0.120. The van der Waals surface area contributed by atoms with Gasteiger partial charge in [0.2, 0.25) is 5.82 Å². The Morgan fingerprint density at radius 1 is 1.50 bits per heavy atom. The van der Waals surface area contributed by atoms with Gasteiger partial charge in [-0.3, -0.25) is 4.79 Å². The first-order chi connectivity index (χ1) is 8.40. The zero-order chi connectivity index (χ0) is 13.8. The number of halogens is 2. The van der Waals surface area contributed by atoms with Gasteiger partial charge in [0.15, 0.2) is 11.6 Å². The number of carboxylic acid groups (broad SMARTS) is 1. The van der Waals surface area contributed by atoms with Gasteiger partial charge in [0.25, 0.3) is 0 Å². The first kappa shape index (κ1) is 14.4. The van der Waals surface area contributed by atoms with Crippen molar-refractivity contribution in [3.63, 3.8) is 0 Å². The SMILES string of the molecule is CNC(C)(CCOc1cccc(F)c1F)C(=O)O. The van der Waals surface area contributed by atoms with Gasteiger partial charge in [-0.15, -0.1) is 0 Å². The lowest BCUT2D eigenvalue weighted by Crippen LogP contribution is -2.48. The third-order valence-corrected chi connectivity index (χ3v) is 2.80. The van der Waals surface area contributed by atoms with Crippen LogP contribution in [0.2, 0.25) is 0 Å². The summed E-state index contributed by atoms with van der Waals surface area (Å²) < 4.78 is 31.2. The molecule has 0 aliphatic heterocycles. The highest BCUT2D eigenvalue weighted by Gasteiger charge is 2.30. The molecule has 0 heterocycles. The van der Waals surface area contributed by atoms with E-state index in [1.165, 1.54) is 26.1 Å². The summed E-state index contributed by atoms with van der Waals surface area (Å²) in [4.78, 5) is 11.0. The Hall–Kier alpha value is -1.69. The fourth-order valence-electron chi connectivity index (χ4n) is 1.30. The second kappa shape index (κ2) is 5.77. The highest BCUT2D eigenvalue weighted by atomic mass is 19.2. The maximum atomic E-state index is 13.2. The molecule has 1 rings (SSSR count). The van der Waals surface area contributed by atoms with E-state index >= 15 is 0 Å². The molecule has 0 radical (unpaired) electrons. The number of rotatable bonds is 6. The number of likely N-dealkylation sites (N-methyl/N-ethyl adjacent to an activating group) is 1. The minimum atomic E-state index is -1.16. The summed E-state index contributed by atoms with van der Waals surface area (Å²) in [5, 5.41) is 11.6. The topological polar surface area (TPSA) is 58.6 Å². The van der Waals surface area contributed by atoms with E-state index in [0.29, 0.717) is 0 Å². The second-order valence-electron chi connectivity index (χ2n) is 4.04. The maximum Gasteiger partial charge on any atom is 0.323 e. The molecule has 1 atom stereocenters. The normalized spacial score (nSPS) is 14.0. The Morgan fingerprint density at radius 2 is 2.17 bits per heavy atom. The number of nitrogens with one attached hydrogen (secondary N) is 1. The zero-order valence-corrected chi connectivity index (χ0v) is 10.2. The summed E-state index contributed by atoms with van der Waals surface area (Å²) >= 11 is 0. The third kappa shape index (κ3) is 3.16. The van der Waals surface area contributed by atoms with E-state index in [1.807, 2.05) is 0 Å². The molecular formula is C12H15F2NO3. The summed E-state index contributed by atoms with van der Waals surface area (Å²) in [5.74, 6) is -3.33. The fraction of sp³-hybridized carbons (Fsp3) is 0.417. The molecule has 0 saturated carbocycles. The lowest BCUT2D eigenvalue weighted by atomic mass is 9.99. The molecule has 6 heteroatoms. The average molecular weight is 259 g/mol. The quantitative estimate of drug-likeness (QED) is 0.817. The highest BCUT2D eigenvalue weighted by Crippen LogP contribution is 2.20. The standard InChI is InChI=1S/C12H15F2NO3/c1-12(15-2,11(16)17)6-7-18-9-5-3-4-8(13)10(9)14/h3-5,15H,6-7H2,1-2H3,(H,16,17). The van der Waals surface area contributed by atoms with Gasteiger partial charge in [-0.2, -0.15) is 4.39 Å². The van der Waals surface area contributed by atoms with Crippen LogP contribution < -0.4 is 10.1 Å². The van der Waals surface area contributed by atoms with Gasteiger partial charge < -0.3 is 15.2 Å². The first-order valence-electron chi connectivity index (χ1n) is 5.40. The molecule has 4 nitrogen and oxygen atoms in total. The molecule has 0 aliphatic carbocycles. The van der Waals surface area contributed by atoms with Crippen LogP contribution >= 0.6 is 0 Å². The summed E-state index contributed by atoms with van der Waals surface area (Å²) in [5.41, 5.74) is -1.16. The van der Waals surface area contributed by atoms with Crippen LogP contribution in [0, 0.1) is 11.6 Å². The third-order valence-electron chi connectivity index (χ3n) is 2.80. The van der Waals surface area contributed by atoms with Crippen molar-refractivity contribution in [1.29, 1.82) is 0 Å². The molecule has 2 N–H and O–H groups in total. The molecule has 1 unspecified atom stereocenters. The lowest BCUT2D eigenvalue weighted by Gasteiger charge is -2.23. The Bertz CT molecular complexity index is 439. The van der Waals surface area contributed by atoms with Crippen LogP contribution in [-0.2, 0) is 4.79 Å². The predicted octanol–water partition coefficient (Wildman–Crippen LogP) is 1.80. The van der Waals surface area contributed by atoms with Crippen LogP contribution in [0.5, 0.6) is 5.75 Å². The van der Waals surface area contributed by atoms with E-state index in [4.69, 9.17) is 9.84 Å². The Labute approximate surface area is 104 Å². The van der Waals surface area contributed by atoms with Crippen molar-refractivity contribution in [3.8, 4) is 5.75 Å². The smallest absolute Gasteiger partial charge is 0.323 e. The maximum absolute atomic E-state index is 13.2. The van der Waals surface area contributed by atoms with Crippen LogP contribution in [0.25, 0.3) is 0 Å². The van der Waals surface area contributed by atoms with Crippen molar-refractivity contribution >= 4 is 5.97 Å².